The van der Waals surface area contributed by atoms with Gasteiger partial charge < -0.3 is 10.6 Å². The van der Waals surface area contributed by atoms with Gasteiger partial charge in [0, 0.05) is 11.7 Å². The number of benzene rings is 1. The maximum Gasteiger partial charge on any atom is 0.321 e. The Morgan fingerprint density at radius 3 is 2.45 bits per heavy atom. The number of nitrogens with zero attached hydrogens (tertiary/aromatic N) is 1. The standard InChI is InChI=1S/C22H34N4O3/c1-4-13-26(14-20(27)23-18-11-7-5-9-16(18)2)15-21(28)25-22(29)24-19-12-8-6-10-17(19)3/h5,7,9,11,17,19H,4,6,8,10,12-15H2,1-3H3,(H,23,27)(H2,24,25,28,29). The van der Waals surface area contributed by atoms with E-state index in [0.717, 1.165) is 36.9 Å². The van der Waals surface area contributed by atoms with E-state index in [1.807, 2.05) is 38.1 Å². The fraction of sp³-hybridized carbons (Fsp3) is 0.591. The summed E-state index contributed by atoms with van der Waals surface area (Å²) < 4.78 is 0. The molecule has 3 N–H and O–H groups in total. The monoisotopic (exact) mass is 402 g/mol. The number of anilines is 1. The number of nitrogens with one attached hydrogen (secondary N) is 3. The van der Waals surface area contributed by atoms with Gasteiger partial charge in [-0.25, -0.2) is 4.79 Å². The number of hydrogen-bond donors (Lipinski definition) is 3. The van der Waals surface area contributed by atoms with Gasteiger partial charge in [-0.1, -0.05) is 44.9 Å². The highest BCUT2D eigenvalue weighted by Crippen LogP contribution is 2.23. The van der Waals surface area contributed by atoms with E-state index in [2.05, 4.69) is 22.9 Å². The first-order chi connectivity index (χ1) is 13.9. The molecule has 0 aromatic heterocycles. The summed E-state index contributed by atoms with van der Waals surface area (Å²) in [5.74, 6) is -0.157. The Balaban J connectivity index is 1.82. The predicted molar refractivity (Wildman–Crippen MR) is 115 cm³/mol. The van der Waals surface area contributed by atoms with Crippen molar-refractivity contribution in [1.82, 2.24) is 15.5 Å². The first kappa shape index (κ1) is 22.9. The Morgan fingerprint density at radius 2 is 1.76 bits per heavy atom. The second kappa shape index (κ2) is 11.6. The van der Waals surface area contributed by atoms with Crippen molar-refractivity contribution in [2.75, 3.05) is 25.0 Å². The van der Waals surface area contributed by atoms with E-state index in [9.17, 15) is 14.4 Å². The van der Waals surface area contributed by atoms with E-state index in [-0.39, 0.29) is 25.0 Å². The Labute approximate surface area is 173 Å². The van der Waals surface area contributed by atoms with Crippen LogP contribution in [0.25, 0.3) is 0 Å². The summed E-state index contributed by atoms with van der Waals surface area (Å²) in [6.45, 7) is 6.73. The Morgan fingerprint density at radius 1 is 1.07 bits per heavy atom. The van der Waals surface area contributed by atoms with Gasteiger partial charge in [-0.05, 0) is 50.3 Å². The van der Waals surface area contributed by atoms with Crippen LogP contribution in [0.5, 0.6) is 0 Å². The third-order valence-corrected chi connectivity index (χ3v) is 5.37. The van der Waals surface area contributed by atoms with E-state index < -0.39 is 11.9 Å². The maximum absolute atomic E-state index is 12.4. The van der Waals surface area contributed by atoms with Gasteiger partial charge in [0.25, 0.3) is 0 Å². The highest BCUT2D eigenvalue weighted by molar-refractivity contribution is 5.96. The summed E-state index contributed by atoms with van der Waals surface area (Å²) in [5.41, 5.74) is 1.74. The van der Waals surface area contributed by atoms with E-state index in [1.165, 1.54) is 6.42 Å². The summed E-state index contributed by atoms with van der Waals surface area (Å²) in [7, 11) is 0. The van der Waals surface area contributed by atoms with Crippen molar-refractivity contribution in [3.05, 3.63) is 29.8 Å². The minimum Gasteiger partial charge on any atom is -0.335 e. The van der Waals surface area contributed by atoms with Crippen LogP contribution in [0.15, 0.2) is 24.3 Å². The zero-order valence-electron chi connectivity index (χ0n) is 17.8. The number of rotatable bonds is 8. The predicted octanol–water partition coefficient (Wildman–Crippen LogP) is 3.05. The average Bonchev–Trinajstić information content (AvgIpc) is 2.65. The molecule has 29 heavy (non-hydrogen) atoms. The van der Waals surface area contributed by atoms with E-state index in [4.69, 9.17) is 0 Å². The molecule has 1 aromatic carbocycles. The molecule has 0 spiro atoms. The van der Waals surface area contributed by atoms with Crippen molar-refractivity contribution in [2.24, 2.45) is 5.92 Å². The lowest BCUT2D eigenvalue weighted by atomic mass is 9.86. The SMILES string of the molecule is CCCN(CC(=O)NC(=O)NC1CCCCC1C)CC(=O)Nc1ccccc1C. The second-order valence-corrected chi connectivity index (χ2v) is 7.96. The lowest BCUT2D eigenvalue weighted by molar-refractivity contribution is -0.122. The third-order valence-electron chi connectivity index (χ3n) is 5.37. The van der Waals surface area contributed by atoms with Crippen LogP contribution in [0, 0.1) is 12.8 Å². The largest absolute Gasteiger partial charge is 0.335 e. The van der Waals surface area contributed by atoms with Crippen LogP contribution in [0.2, 0.25) is 0 Å². The molecule has 0 radical (unpaired) electrons. The van der Waals surface area contributed by atoms with Crippen LogP contribution in [0.3, 0.4) is 0 Å². The molecule has 0 bridgehead atoms. The third kappa shape index (κ3) is 7.85. The zero-order valence-corrected chi connectivity index (χ0v) is 17.8. The molecule has 0 saturated heterocycles. The molecule has 7 heteroatoms. The number of carbonyl (C=O) groups excluding carboxylic acids is 3. The van der Waals surface area contributed by atoms with Gasteiger partial charge in [0.1, 0.15) is 0 Å². The number of carbonyl (C=O) groups is 3. The molecule has 160 valence electrons. The molecule has 2 unspecified atom stereocenters. The van der Waals surface area contributed by atoms with Crippen LogP contribution in [-0.2, 0) is 9.59 Å². The number of hydrogen-bond acceptors (Lipinski definition) is 4. The smallest absolute Gasteiger partial charge is 0.321 e. The Bertz CT molecular complexity index is 707. The zero-order chi connectivity index (χ0) is 21.2. The first-order valence-corrected chi connectivity index (χ1v) is 10.6. The average molecular weight is 403 g/mol. The summed E-state index contributed by atoms with van der Waals surface area (Å²) >= 11 is 0. The van der Waals surface area contributed by atoms with Crippen LogP contribution in [-0.4, -0.2) is 48.4 Å². The molecular formula is C22H34N4O3. The lowest BCUT2D eigenvalue weighted by Gasteiger charge is -2.29. The number of para-hydroxylation sites is 1. The molecule has 0 heterocycles. The summed E-state index contributed by atoms with van der Waals surface area (Å²) in [6, 6.07) is 7.22. The minimum absolute atomic E-state index is 0.00265. The first-order valence-electron chi connectivity index (χ1n) is 10.6. The van der Waals surface area contributed by atoms with Gasteiger partial charge >= 0.3 is 6.03 Å². The highest BCUT2D eigenvalue weighted by atomic mass is 16.2. The van der Waals surface area contributed by atoms with E-state index in [1.54, 1.807) is 4.90 Å². The maximum atomic E-state index is 12.4. The molecule has 2 rings (SSSR count). The Kier molecular flexibility index (Phi) is 9.12. The minimum atomic E-state index is -0.449. The molecule has 2 atom stereocenters. The van der Waals surface area contributed by atoms with Crippen molar-refractivity contribution in [1.29, 1.82) is 0 Å². The summed E-state index contributed by atoms with van der Waals surface area (Å²) in [4.78, 5) is 38.6. The molecule has 1 saturated carbocycles. The van der Waals surface area contributed by atoms with Crippen molar-refractivity contribution >= 4 is 23.5 Å². The van der Waals surface area contributed by atoms with Gasteiger partial charge in [-0.2, -0.15) is 0 Å². The molecular weight excluding hydrogens is 368 g/mol. The van der Waals surface area contributed by atoms with Crippen LogP contribution >= 0.6 is 0 Å². The molecule has 7 nitrogen and oxygen atoms in total. The fourth-order valence-electron chi connectivity index (χ4n) is 3.74. The number of urea groups is 1. The van der Waals surface area contributed by atoms with Gasteiger partial charge in [0.2, 0.25) is 11.8 Å². The van der Waals surface area contributed by atoms with Gasteiger partial charge in [0.15, 0.2) is 0 Å². The van der Waals surface area contributed by atoms with Gasteiger partial charge in [-0.15, -0.1) is 0 Å². The normalized spacial score (nSPS) is 18.9. The molecule has 4 amide bonds. The van der Waals surface area contributed by atoms with Crippen LogP contribution in [0.4, 0.5) is 10.5 Å². The van der Waals surface area contributed by atoms with Crippen molar-refractivity contribution < 1.29 is 14.4 Å². The molecule has 1 fully saturated rings. The van der Waals surface area contributed by atoms with Crippen molar-refractivity contribution in [3.63, 3.8) is 0 Å². The highest BCUT2D eigenvalue weighted by Gasteiger charge is 2.24. The number of amides is 4. The lowest BCUT2D eigenvalue weighted by Crippen LogP contribution is -2.50. The second-order valence-electron chi connectivity index (χ2n) is 7.96. The quantitative estimate of drug-likeness (QED) is 0.623. The topological polar surface area (TPSA) is 90.5 Å². The summed E-state index contributed by atoms with van der Waals surface area (Å²) in [5, 5.41) is 8.20. The fourth-order valence-corrected chi connectivity index (χ4v) is 3.74. The van der Waals surface area contributed by atoms with E-state index in [0.29, 0.717) is 12.5 Å². The van der Waals surface area contributed by atoms with Crippen LogP contribution < -0.4 is 16.0 Å². The van der Waals surface area contributed by atoms with E-state index >= 15 is 0 Å². The van der Waals surface area contributed by atoms with Gasteiger partial charge in [-0.3, -0.25) is 19.8 Å². The van der Waals surface area contributed by atoms with Gasteiger partial charge in [0.05, 0.1) is 13.1 Å². The van der Waals surface area contributed by atoms with Crippen LogP contribution in [0.1, 0.15) is 51.5 Å². The molecule has 1 aliphatic carbocycles. The molecule has 1 aliphatic rings. The number of imide groups is 1. The number of aryl methyl sites for hydroxylation is 1. The molecule has 1 aromatic rings. The Hall–Kier alpha value is -2.41. The van der Waals surface area contributed by atoms with Crippen molar-refractivity contribution in [2.45, 2.75) is 58.9 Å². The molecule has 0 aliphatic heterocycles. The summed E-state index contributed by atoms with van der Waals surface area (Å²) in [6.07, 6.45) is 5.14. The van der Waals surface area contributed by atoms with Crippen molar-refractivity contribution in [3.8, 4) is 0 Å².